The van der Waals surface area contributed by atoms with Crippen LogP contribution in [0.25, 0.3) is 0 Å². The molecule has 1 aliphatic rings. The Morgan fingerprint density at radius 3 is 1.83 bits per heavy atom. The number of hydrogen-bond acceptors (Lipinski definition) is 11. The first-order valence-corrected chi connectivity index (χ1v) is 8.15. The van der Waals surface area contributed by atoms with Gasteiger partial charge in [-0.1, -0.05) is 12.1 Å². The number of rotatable bonds is 4. The summed E-state index contributed by atoms with van der Waals surface area (Å²) in [6.07, 6.45) is 0. The van der Waals surface area contributed by atoms with Gasteiger partial charge in [0.1, 0.15) is 0 Å². The zero-order chi connectivity index (χ0) is 20.7. The van der Waals surface area contributed by atoms with Crippen molar-refractivity contribution in [1.29, 1.82) is 0 Å². The van der Waals surface area contributed by atoms with Crippen LogP contribution in [0.2, 0.25) is 0 Å². The van der Waals surface area contributed by atoms with Crippen molar-refractivity contribution < 1.29 is 29.3 Å². The summed E-state index contributed by atoms with van der Waals surface area (Å²) in [5, 5.41) is 30.6. The summed E-state index contributed by atoms with van der Waals surface area (Å²) < 4.78 is 16.2. The number of non-ortho nitro benzene ring substituents is 1. The topological polar surface area (TPSA) is 163 Å². The molecule has 1 aromatic carbocycles. The Morgan fingerprint density at radius 2 is 1.41 bits per heavy atom. The van der Waals surface area contributed by atoms with Gasteiger partial charge in [0.05, 0.1) is 36.2 Å². The molecule has 2 aromatic heterocycles. The van der Waals surface area contributed by atoms with Gasteiger partial charge in [-0.15, -0.1) is 0 Å². The van der Waals surface area contributed by atoms with Crippen LogP contribution in [-0.2, 0) is 0 Å². The van der Waals surface area contributed by atoms with Gasteiger partial charge in [-0.3, -0.25) is 10.1 Å². The van der Waals surface area contributed by atoms with Gasteiger partial charge in [-0.2, -0.15) is 19.9 Å². The SMILES string of the molecule is COc1nc(O)nc2c1C(c1ccc([N+](=O)[O-])cc1)c1c(OC)nc(O)nc1O2. The fraction of sp³-hybridized carbons (Fsp3) is 0.176. The van der Waals surface area contributed by atoms with Crippen molar-refractivity contribution in [1.82, 2.24) is 19.9 Å². The molecule has 12 heteroatoms. The van der Waals surface area contributed by atoms with E-state index in [-0.39, 0.29) is 29.2 Å². The lowest BCUT2D eigenvalue weighted by Gasteiger charge is -2.28. The van der Waals surface area contributed by atoms with E-state index in [9.17, 15) is 20.3 Å². The molecule has 12 nitrogen and oxygen atoms in total. The molecule has 0 atom stereocenters. The maximum atomic E-state index is 11.0. The summed E-state index contributed by atoms with van der Waals surface area (Å²) in [5.41, 5.74) is 1.14. The average Bonchev–Trinajstić information content (AvgIpc) is 2.70. The van der Waals surface area contributed by atoms with Gasteiger partial charge in [0, 0.05) is 12.1 Å². The number of nitro benzene ring substituents is 1. The monoisotopic (exact) mass is 399 g/mol. The van der Waals surface area contributed by atoms with Crippen LogP contribution >= 0.6 is 0 Å². The zero-order valence-corrected chi connectivity index (χ0v) is 15.1. The maximum Gasteiger partial charge on any atom is 0.320 e. The summed E-state index contributed by atoms with van der Waals surface area (Å²) in [4.78, 5) is 26.0. The molecule has 0 fully saturated rings. The van der Waals surface area contributed by atoms with E-state index in [4.69, 9.17) is 14.2 Å². The third-order valence-electron chi connectivity index (χ3n) is 4.32. The molecule has 2 N–H and O–H groups in total. The number of aromatic nitrogens is 4. The van der Waals surface area contributed by atoms with Crippen LogP contribution in [0.5, 0.6) is 35.5 Å². The molecule has 0 spiro atoms. The number of fused-ring (bicyclic) bond motifs is 2. The van der Waals surface area contributed by atoms with E-state index in [0.29, 0.717) is 16.7 Å². The fourth-order valence-corrected chi connectivity index (χ4v) is 3.16. The van der Waals surface area contributed by atoms with E-state index in [1.807, 2.05) is 0 Å². The van der Waals surface area contributed by atoms with Gasteiger partial charge in [-0.25, -0.2) is 0 Å². The van der Waals surface area contributed by atoms with Gasteiger partial charge in [0.15, 0.2) is 0 Å². The van der Waals surface area contributed by atoms with Crippen LogP contribution in [0.1, 0.15) is 22.6 Å². The number of aromatic hydroxyl groups is 2. The normalized spacial score (nSPS) is 12.5. The molecule has 0 unspecified atom stereocenters. The van der Waals surface area contributed by atoms with Gasteiger partial charge in [0.2, 0.25) is 23.5 Å². The smallest absolute Gasteiger partial charge is 0.320 e. The highest BCUT2D eigenvalue weighted by atomic mass is 16.6. The lowest BCUT2D eigenvalue weighted by molar-refractivity contribution is -0.384. The molecule has 0 aliphatic carbocycles. The van der Waals surface area contributed by atoms with Crippen molar-refractivity contribution in [3.05, 3.63) is 51.1 Å². The lowest BCUT2D eigenvalue weighted by Crippen LogP contribution is -2.17. The number of methoxy groups -OCH3 is 2. The largest absolute Gasteiger partial charge is 0.481 e. The Balaban J connectivity index is 2.02. The molecule has 0 saturated heterocycles. The minimum Gasteiger partial charge on any atom is -0.481 e. The molecule has 3 aromatic rings. The third kappa shape index (κ3) is 2.96. The van der Waals surface area contributed by atoms with Gasteiger partial charge >= 0.3 is 12.0 Å². The summed E-state index contributed by atoms with van der Waals surface area (Å²) in [6, 6.07) is 4.59. The van der Waals surface area contributed by atoms with Crippen molar-refractivity contribution in [3.63, 3.8) is 0 Å². The van der Waals surface area contributed by atoms with Crippen molar-refractivity contribution >= 4 is 5.69 Å². The second-order valence-electron chi connectivity index (χ2n) is 5.89. The van der Waals surface area contributed by atoms with Crippen molar-refractivity contribution in [2.45, 2.75) is 5.92 Å². The number of hydrogen-bond donors (Lipinski definition) is 2. The predicted molar refractivity (Wildman–Crippen MR) is 94.6 cm³/mol. The van der Waals surface area contributed by atoms with Crippen LogP contribution in [0.3, 0.4) is 0 Å². The fourth-order valence-electron chi connectivity index (χ4n) is 3.16. The molecule has 0 radical (unpaired) electrons. The van der Waals surface area contributed by atoms with Crippen molar-refractivity contribution in [2.75, 3.05) is 14.2 Å². The Bertz CT molecular complexity index is 1060. The minimum atomic E-state index is -0.722. The van der Waals surface area contributed by atoms with E-state index < -0.39 is 22.9 Å². The average molecular weight is 399 g/mol. The first kappa shape index (κ1) is 18.2. The van der Waals surface area contributed by atoms with Crippen LogP contribution in [-0.4, -0.2) is 49.3 Å². The highest BCUT2D eigenvalue weighted by Crippen LogP contribution is 2.52. The minimum absolute atomic E-state index is 0.0247. The summed E-state index contributed by atoms with van der Waals surface area (Å²) in [5.74, 6) is -0.773. The molecule has 0 saturated carbocycles. The van der Waals surface area contributed by atoms with Crippen LogP contribution in [0, 0.1) is 10.1 Å². The third-order valence-corrected chi connectivity index (χ3v) is 4.32. The molecule has 3 heterocycles. The molecule has 148 valence electrons. The second-order valence-corrected chi connectivity index (χ2v) is 5.89. The molecule has 29 heavy (non-hydrogen) atoms. The molecule has 0 bridgehead atoms. The Hall–Kier alpha value is -4.22. The molecule has 4 rings (SSSR count). The number of ether oxygens (including phenoxy) is 3. The van der Waals surface area contributed by atoms with Crippen LogP contribution in [0.15, 0.2) is 24.3 Å². The molecular weight excluding hydrogens is 386 g/mol. The molecule has 0 amide bonds. The summed E-state index contributed by atoms with van der Waals surface area (Å²) in [6.45, 7) is 0. The Kier molecular flexibility index (Phi) is 4.22. The standard InChI is InChI=1S/C17H13N5O7/c1-27-12-10-9(7-3-5-8(6-4-7)22(25)26)11-13(28-2)19-17(24)21-15(11)29-14(10)20-16(23)18-12/h3-6,9H,1-2H3,(H,18,20,23)(H,19,21,24). The number of benzene rings is 1. The van der Waals surface area contributed by atoms with Gasteiger partial charge in [-0.05, 0) is 5.56 Å². The van der Waals surface area contributed by atoms with Crippen LogP contribution < -0.4 is 14.2 Å². The quantitative estimate of drug-likeness (QED) is 0.380. The van der Waals surface area contributed by atoms with E-state index in [0.717, 1.165) is 0 Å². The second kappa shape index (κ2) is 6.74. The Morgan fingerprint density at radius 1 is 0.931 bits per heavy atom. The molecule has 1 aliphatic heterocycles. The highest BCUT2D eigenvalue weighted by Gasteiger charge is 2.39. The van der Waals surface area contributed by atoms with Crippen molar-refractivity contribution in [3.8, 4) is 35.5 Å². The highest BCUT2D eigenvalue weighted by molar-refractivity contribution is 5.61. The van der Waals surface area contributed by atoms with E-state index >= 15 is 0 Å². The van der Waals surface area contributed by atoms with E-state index in [1.165, 1.54) is 26.4 Å². The summed E-state index contributed by atoms with van der Waals surface area (Å²) >= 11 is 0. The Labute approximate surface area is 162 Å². The molecular formula is C17H13N5O7. The number of nitro groups is 1. The zero-order valence-electron chi connectivity index (χ0n) is 15.1. The maximum absolute atomic E-state index is 11.0. The van der Waals surface area contributed by atoms with Crippen LogP contribution in [0.4, 0.5) is 5.69 Å². The first-order valence-electron chi connectivity index (χ1n) is 8.15. The predicted octanol–water partition coefficient (Wildman–Crippen LogP) is 1.89. The van der Waals surface area contributed by atoms with E-state index in [1.54, 1.807) is 12.1 Å². The van der Waals surface area contributed by atoms with Gasteiger partial charge in [0.25, 0.3) is 5.69 Å². The summed E-state index contributed by atoms with van der Waals surface area (Å²) in [7, 11) is 2.71. The first-order chi connectivity index (χ1) is 13.9. The number of nitrogens with zero attached hydrogens (tertiary/aromatic N) is 5. The van der Waals surface area contributed by atoms with Gasteiger partial charge < -0.3 is 24.4 Å². The lowest BCUT2D eigenvalue weighted by atomic mass is 9.85. The van der Waals surface area contributed by atoms with Crippen molar-refractivity contribution in [2.24, 2.45) is 0 Å². The van der Waals surface area contributed by atoms with E-state index in [2.05, 4.69) is 19.9 Å².